The Morgan fingerprint density at radius 3 is 2.27 bits per heavy atom. The third-order valence-electron chi connectivity index (χ3n) is 6.50. The van der Waals surface area contributed by atoms with E-state index in [2.05, 4.69) is 100 Å². The number of hydrogen-bond acceptors (Lipinski definition) is 1. The summed E-state index contributed by atoms with van der Waals surface area (Å²) in [5.41, 5.74) is 12.6. The lowest BCUT2D eigenvalue weighted by Crippen LogP contribution is -2.32. The Bertz CT molecular complexity index is 1280. The minimum absolute atomic E-state index is 0.129. The van der Waals surface area contributed by atoms with Crippen LogP contribution in [0, 0.1) is 13.8 Å². The molecule has 5 rings (SSSR count). The second-order valence-electron chi connectivity index (χ2n) is 8.98. The molecular formula is C28H27N2+. The van der Waals surface area contributed by atoms with Gasteiger partial charge in [0.25, 0.3) is 0 Å². The van der Waals surface area contributed by atoms with Gasteiger partial charge < -0.3 is 0 Å². The lowest BCUT2D eigenvalue weighted by molar-refractivity contribution is -0.659. The van der Waals surface area contributed by atoms with E-state index in [0.717, 1.165) is 0 Å². The van der Waals surface area contributed by atoms with Crippen molar-refractivity contribution in [3.63, 3.8) is 0 Å². The van der Waals surface area contributed by atoms with Gasteiger partial charge in [-0.15, -0.1) is 0 Å². The first kappa shape index (κ1) is 18.7. The standard InChI is InChI=1S/C28H27N2/c1-18-8-11-20(12-9-18)21-13-15-24(30(5)17-21)25-19(2)10-14-22-23-7-6-16-29-27(23)28(3,4)26(22)25/h6-17H,1-5H3/q+1. The van der Waals surface area contributed by atoms with E-state index in [-0.39, 0.29) is 5.41 Å². The Morgan fingerprint density at radius 1 is 0.800 bits per heavy atom. The molecule has 2 aromatic carbocycles. The van der Waals surface area contributed by atoms with Crippen LogP contribution in [0.3, 0.4) is 0 Å². The summed E-state index contributed by atoms with van der Waals surface area (Å²) in [6.07, 6.45) is 4.15. The number of pyridine rings is 2. The fourth-order valence-corrected chi connectivity index (χ4v) is 4.93. The Hall–Kier alpha value is -3.26. The van der Waals surface area contributed by atoms with E-state index in [1.165, 1.54) is 55.9 Å². The van der Waals surface area contributed by atoms with E-state index in [9.17, 15) is 0 Å². The number of benzene rings is 2. The molecule has 0 N–H and O–H groups in total. The molecule has 4 aromatic rings. The molecular weight excluding hydrogens is 364 g/mol. The molecule has 0 unspecified atom stereocenters. The fourth-order valence-electron chi connectivity index (χ4n) is 4.93. The Balaban J connectivity index is 1.71. The van der Waals surface area contributed by atoms with Crippen molar-refractivity contribution < 1.29 is 4.57 Å². The predicted molar refractivity (Wildman–Crippen MR) is 123 cm³/mol. The minimum Gasteiger partial charge on any atom is -0.260 e. The van der Waals surface area contributed by atoms with Crippen molar-refractivity contribution >= 4 is 0 Å². The number of nitrogens with zero attached hydrogens (tertiary/aromatic N) is 2. The number of fused-ring (bicyclic) bond motifs is 3. The van der Waals surface area contributed by atoms with Gasteiger partial charge in [-0.05, 0) is 48.2 Å². The molecule has 1 aliphatic rings. The molecule has 0 saturated heterocycles. The molecule has 0 radical (unpaired) electrons. The highest BCUT2D eigenvalue weighted by Crippen LogP contribution is 2.51. The average Bonchev–Trinajstić information content (AvgIpc) is 2.97. The average molecular weight is 392 g/mol. The molecule has 0 bridgehead atoms. The van der Waals surface area contributed by atoms with Crippen molar-refractivity contribution in [2.45, 2.75) is 33.1 Å². The van der Waals surface area contributed by atoms with Crippen molar-refractivity contribution in [2.75, 3.05) is 0 Å². The van der Waals surface area contributed by atoms with Gasteiger partial charge in [-0.25, -0.2) is 4.57 Å². The maximum absolute atomic E-state index is 4.77. The van der Waals surface area contributed by atoms with E-state index in [4.69, 9.17) is 4.98 Å². The van der Waals surface area contributed by atoms with Gasteiger partial charge in [0, 0.05) is 28.8 Å². The zero-order valence-electron chi connectivity index (χ0n) is 18.3. The summed E-state index contributed by atoms with van der Waals surface area (Å²) in [6, 6.07) is 22.0. The normalized spacial score (nSPS) is 13.8. The second kappa shape index (κ2) is 6.63. The molecule has 148 valence electrons. The summed E-state index contributed by atoms with van der Waals surface area (Å²) >= 11 is 0. The molecule has 2 aromatic heterocycles. The van der Waals surface area contributed by atoms with Crippen LogP contribution in [0.5, 0.6) is 0 Å². The third kappa shape index (κ3) is 2.71. The third-order valence-corrected chi connectivity index (χ3v) is 6.50. The summed E-state index contributed by atoms with van der Waals surface area (Å²) in [6.45, 7) is 8.94. The zero-order chi connectivity index (χ0) is 21.0. The first-order valence-electron chi connectivity index (χ1n) is 10.5. The van der Waals surface area contributed by atoms with Crippen molar-refractivity contribution in [1.82, 2.24) is 4.98 Å². The van der Waals surface area contributed by atoms with Gasteiger partial charge in [0.1, 0.15) is 7.05 Å². The molecule has 2 heteroatoms. The minimum atomic E-state index is -0.129. The lowest BCUT2D eigenvalue weighted by Gasteiger charge is -2.23. The molecule has 30 heavy (non-hydrogen) atoms. The van der Waals surface area contributed by atoms with Crippen LogP contribution in [-0.4, -0.2) is 4.98 Å². The van der Waals surface area contributed by atoms with Gasteiger partial charge in [-0.3, -0.25) is 4.98 Å². The quantitative estimate of drug-likeness (QED) is 0.374. The monoisotopic (exact) mass is 391 g/mol. The number of aromatic nitrogens is 2. The topological polar surface area (TPSA) is 16.8 Å². The lowest BCUT2D eigenvalue weighted by atomic mass is 9.80. The number of rotatable bonds is 2. The maximum Gasteiger partial charge on any atom is 0.212 e. The fraction of sp³-hybridized carbons (Fsp3) is 0.214. The number of aryl methyl sites for hydroxylation is 3. The van der Waals surface area contributed by atoms with Crippen LogP contribution in [0.2, 0.25) is 0 Å². The van der Waals surface area contributed by atoms with E-state index in [1.807, 2.05) is 12.3 Å². The van der Waals surface area contributed by atoms with Gasteiger partial charge in [-0.2, -0.15) is 0 Å². The molecule has 2 heterocycles. The first-order chi connectivity index (χ1) is 14.4. The van der Waals surface area contributed by atoms with E-state index < -0.39 is 0 Å². The maximum atomic E-state index is 4.77. The van der Waals surface area contributed by atoms with Crippen LogP contribution >= 0.6 is 0 Å². The van der Waals surface area contributed by atoms with Crippen molar-refractivity contribution in [3.8, 4) is 33.5 Å². The van der Waals surface area contributed by atoms with Crippen LogP contribution in [-0.2, 0) is 12.5 Å². The van der Waals surface area contributed by atoms with Gasteiger partial charge in [0.15, 0.2) is 6.20 Å². The predicted octanol–water partition coefficient (Wildman–Crippen LogP) is 6.16. The second-order valence-corrected chi connectivity index (χ2v) is 8.98. The van der Waals surface area contributed by atoms with Gasteiger partial charge in [-0.1, -0.05) is 61.9 Å². The molecule has 0 spiro atoms. The molecule has 0 amide bonds. The summed E-state index contributed by atoms with van der Waals surface area (Å²) in [4.78, 5) is 4.77. The largest absolute Gasteiger partial charge is 0.260 e. The summed E-state index contributed by atoms with van der Waals surface area (Å²) in [5, 5.41) is 0. The Morgan fingerprint density at radius 2 is 1.53 bits per heavy atom. The van der Waals surface area contributed by atoms with Crippen molar-refractivity contribution in [1.29, 1.82) is 0 Å². The SMILES string of the molecule is Cc1ccc(-c2ccc(-c3c(C)ccc4c3C(C)(C)c3ncccc3-4)[n+](C)c2)cc1. The smallest absolute Gasteiger partial charge is 0.212 e. The Kier molecular flexibility index (Phi) is 4.14. The highest BCUT2D eigenvalue weighted by atomic mass is 14.9. The van der Waals surface area contributed by atoms with E-state index >= 15 is 0 Å². The van der Waals surface area contributed by atoms with Crippen LogP contribution in [0.1, 0.15) is 36.2 Å². The molecule has 1 aliphatic carbocycles. The summed E-state index contributed by atoms with van der Waals surface area (Å²) in [7, 11) is 2.15. The highest BCUT2D eigenvalue weighted by Gasteiger charge is 2.40. The van der Waals surface area contributed by atoms with Crippen LogP contribution in [0.4, 0.5) is 0 Å². The molecule has 0 atom stereocenters. The van der Waals surface area contributed by atoms with Gasteiger partial charge in [0.2, 0.25) is 5.69 Å². The van der Waals surface area contributed by atoms with Crippen molar-refractivity contribution in [3.05, 3.63) is 95.4 Å². The van der Waals surface area contributed by atoms with Gasteiger partial charge >= 0.3 is 0 Å². The Labute approximate surface area is 178 Å². The molecule has 2 nitrogen and oxygen atoms in total. The number of hydrogen-bond donors (Lipinski definition) is 0. The zero-order valence-corrected chi connectivity index (χ0v) is 18.3. The molecule has 0 fully saturated rings. The van der Waals surface area contributed by atoms with Crippen LogP contribution < -0.4 is 4.57 Å². The van der Waals surface area contributed by atoms with Crippen molar-refractivity contribution in [2.24, 2.45) is 7.05 Å². The van der Waals surface area contributed by atoms with E-state index in [1.54, 1.807) is 0 Å². The summed E-state index contributed by atoms with van der Waals surface area (Å²) < 4.78 is 2.27. The van der Waals surface area contributed by atoms with Gasteiger partial charge in [0.05, 0.1) is 11.3 Å². The molecule has 0 saturated carbocycles. The van der Waals surface area contributed by atoms with Crippen LogP contribution in [0.15, 0.2) is 73.1 Å². The summed E-state index contributed by atoms with van der Waals surface area (Å²) in [5.74, 6) is 0. The first-order valence-corrected chi connectivity index (χ1v) is 10.5. The molecule has 0 aliphatic heterocycles. The van der Waals surface area contributed by atoms with E-state index in [0.29, 0.717) is 0 Å². The highest BCUT2D eigenvalue weighted by molar-refractivity contribution is 5.87. The van der Waals surface area contributed by atoms with Crippen LogP contribution in [0.25, 0.3) is 33.5 Å².